The van der Waals surface area contributed by atoms with Gasteiger partial charge in [-0.3, -0.25) is 5.32 Å². The Balaban J connectivity index is 1.40. The third kappa shape index (κ3) is 7.56. The molecule has 2 N–H and O–H groups in total. The Kier molecular flexibility index (Phi) is 10.5. The Hall–Kier alpha value is -4.59. The van der Waals surface area contributed by atoms with Crippen LogP contribution in [0.2, 0.25) is 0 Å². The first-order valence-electron chi connectivity index (χ1n) is 18.3. The normalized spacial score (nSPS) is 16.6. The predicted octanol–water partition coefficient (Wildman–Crippen LogP) is 8.45. The van der Waals surface area contributed by atoms with Gasteiger partial charge in [-0.2, -0.15) is 0 Å². The lowest BCUT2D eigenvalue weighted by atomic mass is 9.75. The van der Waals surface area contributed by atoms with Gasteiger partial charge in [0.05, 0.1) is 6.04 Å². The summed E-state index contributed by atoms with van der Waals surface area (Å²) in [5, 5.41) is 16.7. The van der Waals surface area contributed by atoms with Gasteiger partial charge in [-0.15, -0.1) is 0 Å². The van der Waals surface area contributed by atoms with E-state index in [0.717, 1.165) is 41.8 Å². The molecule has 6 aromatic rings. The topological polar surface area (TPSA) is 67.5 Å². The average molecular weight is 693 g/mol. The summed E-state index contributed by atoms with van der Waals surface area (Å²) in [6.45, 7) is 6.96. The number of aromatic nitrogens is 1. The van der Waals surface area contributed by atoms with Crippen LogP contribution in [0.5, 0.6) is 0 Å². The number of aliphatic hydroxyl groups excluding tert-OH is 1. The zero-order chi connectivity index (χ0) is 35.3. The largest absolute Gasteiger partial charge is 0.438 e. The van der Waals surface area contributed by atoms with Crippen LogP contribution < -0.4 is 15.7 Å². The second kappa shape index (κ2) is 15.3. The lowest BCUT2D eigenvalue weighted by molar-refractivity contribution is -0.00539. The van der Waals surface area contributed by atoms with E-state index in [1.165, 1.54) is 27.1 Å². The number of nitrogens with one attached hydrogen (secondary N) is 1. The molecule has 51 heavy (non-hydrogen) atoms. The van der Waals surface area contributed by atoms with Crippen molar-refractivity contribution in [2.24, 2.45) is 0 Å². The van der Waals surface area contributed by atoms with Crippen molar-refractivity contribution in [2.45, 2.75) is 70.1 Å². The Bertz CT molecular complexity index is 1910. The van der Waals surface area contributed by atoms with E-state index in [1.807, 2.05) is 36.4 Å². The molecular formula is C45H48N2O3Si. The standard InChI is InChI=1S/C45H48N2O3Si/c1-44(2,3)38-28-16-29-39-37(38)27-17-31-45(39,50-51(35-23-12-6-13-24-35)36-25-14-7-15-26-36)47-40(30-18-32-48)43-46-41(33-19-8-4-9-20-33)42(49-43)34-21-10-5-11-22-34/h4-16,19-26,28-29,40,47-48,51H,17-18,27,30-32H2,1-3H3/t40-,45-/m1/s1. The summed E-state index contributed by atoms with van der Waals surface area (Å²) in [5.74, 6) is 1.34. The SMILES string of the molecule is CC(C)(C)c1cccc2c1CCC[C@@]2(N[C@H](CCCO)c1nc(-c2ccccc2)c(-c2ccccc2)o1)O[SiH](c1ccccc1)c1ccccc1. The van der Waals surface area contributed by atoms with Crippen LogP contribution in [0.15, 0.2) is 144 Å². The number of hydrogen-bond acceptors (Lipinski definition) is 5. The number of benzene rings is 5. The third-order valence-corrected chi connectivity index (χ3v) is 12.6. The summed E-state index contributed by atoms with van der Waals surface area (Å²) in [5.41, 5.74) is 5.83. The molecule has 0 spiro atoms. The number of fused-ring (bicyclic) bond motifs is 1. The van der Waals surface area contributed by atoms with Crippen molar-refractivity contribution < 1.29 is 13.9 Å². The molecule has 5 aromatic carbocycles. The number of nitrogens with zero attached hydrogens (tertiary/aromatic N) is 1. The summed E-state index contributed by atoms with van der Waals surface area (Å²) in [6.07, 6.45) is 3.98. The van der Waals surface area contributed by atoms with Crippen molar-refractivity contribution >= 4 is 19.4 Å². The molecule has 0 saturated heterocycles. The molecular weight excluding hydrogens is 645 g/mol. The molecule has 0 unspecified atom stereocenters. The molecule has 7 rings (SSSR count). The number of hydrogen-bond donors (Lipinski definition) is 2. The van der Waals surface area contributed by atoms with Crippen molar-refractivity contribution in [3.8, 4) is 22.6 Å². The molecule has 0 aliphatic heterocycles. The number of aliphatic hydroxyl groups is 1. The quantitative estimate of drug-likeness (QED) is 0.0996. The van der Waals surface area contributed by atoms with Gasteiger partial charge in [0.2, 0.25) is 14.9 Å². The Morgan fingerprint density at radius 2 is 1.37 bits per heavy atom. The van der Waals surface area contributed by atoms with E-state index in [2.05, 4.69) is 129 Å². The van der Waals surface area contributed by atoms with E-state index in [4.69, 9.17) is 13.8 Å². The first-order valence-corrected chi connectivity index (χ1v) is 19.9. The molecule has 0 saturated carbocycles. The van der Waals surface area contributed by atoms with Crippen LogP contribution >= 0.6 is 0 Å². The molecule has 6 heteroatoms. The Morgan fingerprint density at radius 1 is 0.784 bits per heavy atom. The van der Waals surface area contributed by atoms with Crippen molar-refractivity contribution in [1.82, 2.24) is 10.3 Å². The molecule has 1 aliphatic rings. The van der Waals surface area contributed by atoms with E-state index in [9.17, 15) is 5.11 Å². The zero-order valence-electron chi connectivity index (χ0n) is 29.9. The molecule has 1 heterocycles. The molecule has 1 aromatic heterocycles. The lowest BCUT2D eigenvalue weighted by Crippen LogP contribution is -2.57. The van der Waals surface area contributed by atoms with Gasteiger partial charge < -0.3 is 13.9 Å². The Morgan fingerprint density at radius 3 is 1.96 bits per heavy atom. The summed E-state index contributed by atoms with van der Waals surface area (Å²) in [4.78, 5) is 5.26. The molecule has 0 fully saturated rings. The average Bonchev–Trinajstić information content (AvgIpc) is 3.62. The second-order valence-corrected chi connectivity index (χ2v) is 16.9. The van der Waals surface area contributed by atoms with Gasteiger partial charge in [0.25, 0.3) is 0 Å². The minimum Gasteiger partial charge on any atom is -0.438 e. The zero-order valence-corrected chi connectivity index (χ0v) is 31.0. The molecule has 0 amide bonds. The van der Waals surface area contributed by atoms with E-state index in [0.29, 0.717) is 18.7 Å². The molecule has 260 valence electrons. The minimum atomic E-state index is -2.25. The molecule has 0 bridgehead atoms. The minimum absolute atomic E-state index is 0.0296. The highest BCUT2D eigenvalue weighted by Gasteiger charge is 2.44. The summed E-state index contributed by atoms with van der Waals surface area (Å²) >= 11 is 0. The van der Waals surface area contributed by atoms with Crippen molar-refractivity contribution in [1.29, 1.82) is 0 Å². The fourth-order valence-corrected chi connectivity index (χ4v) is 10.1. The van der Waals surface area contributed by atoms with E-state index in [-0.39, 0.29) is 18.1 Å². The fourth-order valence-electron chi connectivity index (χ4n) is 7.57. The highest BCUT2D eigenvalue weighted by atomic mass is 28.3. The van der Waals surface area contributed by atoms with Crippen LogP contribution in [0, 0.1) is 0 Å². The molecule has 1 aliphatic carbocycles. The van der Waals surface area contributed by atoms with Gasteiger partial charge in [-0.05, 0) is 59.0 Å². The first-order chi connectivity index (χ1) is 24.9. The van der Waals surface area contributed by atoms with E-state index < -0.39 is 14.8 Å². The van der Waals surface area contributed by atoms with Crippen molar-refractivity contribution in [3.63, 3.8) is 0 Å². The smallest absolute Gasteiger partial charge is 0.242 e. The van der Waals surface area contributed by atoms with Crippen LogP contribution in [-0.2, 0) is 22.0 Å². The highest BCUT2D eigenvalue weighted by molar-refractivity contribution is 6.80. The first kappa shape index (κ1) is 34.8. The van der Waals surface area contributed by atoms with Crippen LogP contribution in [0.3, 0.4) is 0 Å². The summed E-state index contributed by atoms with van der Waals surface area (Å²) < 4.78 is 14.6. The van der Waals surface area contributed by atoms with E-state index >= 15 is 0 Å². The molecule has 5 nitrogen and oxygen atoms in total. The maximum atomic E-state index is 10.2. The van der Waals surface area contributed by atoms with Crippen LogP contribution in [0.1, 0.15) is 75.1 Å². The third-order valence-electron chi connectivity index (χ3n) is 9.98. The maximum Gasteiger partial charge on any atom is 0.242 e. The highest BCUT2D eigenvalue weighted by Crippen LogP contribution is 2.44. The number of oxazole rings is 1. The van der Waals surface area contributed by atoms with Crippen molar-refractivity contribution in [3.05, 3.63) is 162 Å². The predicted molar refractivity (Wildman–Crippen MR) is 210 cm³/mol. The lowest BCUT2D eigenvalue weighted by Gasteiger charge is -2.45. The fraction of sp³-hybridized carbons (Fsp3) is 0.267. The van der Waals surface area contributed by atoms with Gasteiger partial charge >= 0.3 is 0 Å². The van der Waals surface area contributed by atoms with Crippen LogP contribution in [-0.4, -0.2) is 25.7 Å². The summed E-state index contributed by atoms with van der Waals surface area (Å²) in [6, 6.07) is 48.3. The van der Waals surface area contributed by atoms with Crippen molar-refractivity contribution in [2.75, 3.05) is 6.61 Å². The van der Waals surface area contributed by atoms with Gasteiger partial charge in [-0.25, -0.2) is 4.98 Å². The monoisotopic (exact) mass is 692 g/mol. The Labute approximate surface area is 304 Å². The van der Waals surface area contributed by atoms with Gasteiger partial charge in [0.1, 0.15) is 11.4 Å². The van der Waals surface area contributed by atoms with Crippen LogP contribution in [0.25, 0.3) is 22.6 Å². The van der Waals surface area contributed by atoms with Crippen LogP contribution in [0.4, 0.5) is 0 Å². The van der Waals surface area contributed by atoms with E-state index in [1.54, 1.807) is 0 Å². The van der Waals surface area contributed by atoms with Gasteiger partial charge in [-0.1, -0.05) is 160 Å². The van der Waals surface area contributed by atoms with Gasteiger partial charge in [0.15, 0.2) is 5.76 Å². The second-order valence-electron chi connectivity index (χ2n) is 14.6. The molecule has 0 radical (unpaired) electrons. The van der Waals surface area contributed by atoms with Gasteiger partial charge in [0, 0.05) is 23.3 Å². The summed E-state index contributed by atoms with van der Waals surface area (Å²) in [7, 11) is -2.25. The maximum absolute atomic E-state index is 10.2. The number of rotatable bonds is 12. The molecule has 2 atom stereocenters.